The number of ether oxygens (including phenoxy) is 1. The summed E-state index contributed by atoms with van der Waals surface area (Å²) in [5, 5.41) is 6.68. The lowest BCUT2D eigenvalue weighted by atomic mass is 10.1. The number of amides is 2. The third kappa shape index (κ3) is 8.08. The van der Waals surface area contributed by atoms with E-state index < -0.39 is 0 Å². The molecule has 0 unspecified atom stereocenters. The number of hydrogen-bond acceptors (Lipinski definition) is 5. The van der Waals surface area contributed by atoms with E-state index in [1.807, 2.05) is 75.4 Å². The van der Waals surface area contributed by atoms with Gasteiger partial charge in [0.1, 0.15) is 5.75 Å². The van der Waals surface area contributed by atoms with Crippen molar-refractivity contribution in [1.29, 1.82) is 0 Å². The zero-order valence-corrected chi connectivity index (χ0v) is 20.3. The zero-order valence-electron chi connectivity index (χ0n) is 19.5. The third-order valence-corrected chi connectivity index (χ3v) is 6.13. The highest BCUT2D eigenvalue weighted by molar-refractivity contribution is 8.00. The van der Waals surface area contributed by atoms with Crippen molar-refractivity contribution < 1.29 is 14.3 Å². The molecular formula is C27H29N3O3S. The minimum atomic E-state index is -0.272. The van der Waals surface area contributed by atoms with Crippen LogP contribution in [0.1, 0.15) is 36.6 Å². The van der Waals surface area contributed by atoms with Crippen LogP contribution in [0.5, 0.6) is 5.75 Å². The summed E-state index contributed by atoms with van der Waals surface area (Å²) in [7, 11) is 0. The van der Waals surface area contributed by atoms with Crippen molar-refractivity contribution >= 4 is 29.8 Å². The molecule has 34 heavy (non-hydrogen) atoms. The second kappa shape index (κ2) is 12.6. The molecule has 0 aliphatic carbocycles. The SMILES string of the molecule is Cc1ccc(S[C@H](C)C(=O)N/N=C\c2ccc(OCC(=O)N[C@@H](C)c3ccccc3)cc2)cc1. The quantitative estimate of drug-likeness (QED) is 0.249. The fraction of sp³-hybridized carbons (Fsp3) is 0.222. The van der Waals surface area contributed by atoms with Crippen LogP contribution in [0, 0.1) is 6.92 Å². The molecule has 2 atom stereocenters. The van der Waals surface area contributed by atoms with E-state index >= 15 is 0 Å². The van der Waals surface area contributed by atoms with Crippen molar-refractivity contribution in [3.05, 3.63) is 95.6 Å². The standard InChI is InChI=1S/C27H29N3O3S/c1-19-9-15-25(16-10-19)34-21(3)27(32)30-28-17-22-11-13-24(14-12-22)33-18-26(31)29-20(2)23-7-5-4-6-8-23/h4-17,20-21H,18H2,1-3H3,(H,29,31)(H,30,32)/b28-17-/t20-,21+/m0/s1. The maximum absolute atomic E-state index is 12.3. The molecule has 0 fully saturated rings. The van der Waals surface area contributed by atoms with Crippen molar-refractivity contribution in [2.75, 3.05) is 6.61 Å². The van der Waals surface area contributed by atoms with Gasteiger partial charge in [-0.1, -0.05) is 48.0 Å². The van der Waals surface area contributed by atoms with Gasteiger partial charge in [-0.2, -0.15) is 5.10 Å². The zero-order chi connectivity index (χ0) is 24.3. The molecule has 0 aromatic heterocycles. The molecule has 0 bridgehead atoms. The number of thioether (sulfide) groups is 1. The van der Waals surface area contributed by atoms with Gasteiger partial charge >= 0.3 is 0 Å². The monoisotopic (exact) mass is 475 g/mol. The maximum Gasteiger partial charge on any atom is 0.258 e. The van der Waals surface area contributed by atoms with Crippen molar-refractivity contribution in [2.24, 2.45) is 5.10 Å². The number of rotatable bonds is 10. The fourth-order valence-corrected chi connectivity index (χ4v) is 3.90. The smallest absolute Gasteiger partial charge is 0.258 e. The molecule has 6 nitrogen and oxygen atoms in total. The molecular weight excluding hydrogens is 446 g/mol. The summed E-state index contributed by atoms with van der Waals surface area (Å²) in [5.74, 6) is 0.215. The number of benzene rings is 3. The Morgan fingerprint density at radius 2 is 1.65 bits per heavy atom. The van der Waals surface area contributed by atoms with Crippen LogP contribution in [-0.2, 0) is 9.59 Å². The minimum absolute atomic E-state index is 0.0722. The van der Waals surface area contributed by atoms with Crippen molar-refractivity contribution in [2.45, 2.75) is 37.0 Å². The summed E-state index contributed by atoms with van der Waals surface area (Å²) in [6, 6.07) is 24.8. The molecule has 0 aliphatic heterocycles. The number of hydrogen-bond donors (Lipinski definition) is 2. The Morgan fingerprint density at radius 3 is 2.32 bits per heavy atom. The summed E-state index contributed by atoms with van der Waals surface area (Å²) >= 11 is 1.48. The van der Waals surface area contributed by atoms with Gasteiger partial charge in [0, 0.05) is 4.90 Å². The van der Waals surface area contributed by atoms with Gasteiger partial charge in [-0.3, -0.25) is 9.59 Å². The first-order valence-corrected chi connectivity index (χ1v) is 11.9. The van der Waals surface area contributed by atoms with Gasteiger partial charge in [0.05, 0.1) is 17.5 Å². The highest BCUT2D eigenvalue weighted by atomic mass is 32.2. The molecule has 0 radical (unpaired) electrons. The molecule has 0 spiro atoms. The largest absolute Gasteiger partial charge is 0.484 e. The van der Waals surface area contributed by atoms with Gasteiger partial charge in [-0.15, -0.1) is 11.8 Å². The number of hydrazone groups is 1. The van der Waals surface area contributed by atoms with Crippen LogP contribution in [0.15, 0.2) is 88.9 Å². The lowest BCUT2D eigenvalue weighted by Gasteiger charge is -2.14. The lowest BCUT2D eigenvalue weighted by molar-refractivity contribution is -0.123. The Balaban J connectivity index is 1.41. The van der Waals surface area contributed by atoms with E-state index in [4.69, 9.17) is 4.74 Å². The van der Waals surface area contributed by atoms with Gasteiger partial charge in [0.2, 0.25) is 0 Å². The first-order valence-electron chi connectivity index (χ1n) is 11.0. The molecule has 7 heteroatoms. The van der Waals surface area contributed by atoms with Crippen LogP contribution < -0.4 is 15.5 Å². The lowest BCUT2D eigenvalue weighted by Crippen LogP contribution is -2.31. The van der Waals surface area contributed by atoms with E-state index in [1.165, 1.54) is 17.3 Å². The molecule has 2 N–H and O–H groups in total. The summed E-state index contributed by atoms with van der Waals surface area (Å²) in [6.45, 7) is 5.74. The number of nitrogens with one attached hydrogen (secondary N) is 2. The van der Waals surface area contributed by atoms with Gasteiger partial charge in [-0.05, 0) is 68.3 Å². The van der Waals surface area contributed by atoms with Gasteiger partial charge in [0.25, 0.3) is 11.8 Å². The fourth-order valence-electron chi connectivity index (χ4n) is 3.04. The summed E-state index contributed by atoms with van der Waals surface area (Å²) in [5.41, 5.74) is 5.59. The first-order chi connectivity index (χ1) is 16.4. The second-order valence-electron chi connectivity index (χ2n) is 7.86. The van der Waals surface area contributed by atoms with Crippen molar-refractivity contribution in [1.82, 2.24) is 10.7 Å². The van der Waals surface area contributed by atoms with Crippen LogP contribution in [0.2, 0.25) is 0 Å². The van der Waals surface area contributed by atoms with Crippen LogP contribution in [-0.4, -0.2) is 29.9 Å². The second-order valence-corrected chi connectivity index (χ2v) is 9.28. The molecule has 176 valence electrons. The highest BCUT2D eigenvalue weighted by Gasteiger charge is 2.13. The molecule has 3 aromatic carbocycles. The van der Waals surface area contributed by atoms with Crippen molar-refractivity contribution in [3.63, 3.8) is 0 Å². The number of carbonyl (C=O) groups excluding carboxylic acids is 2. The predicted molar refractivity (Wildman–Crippen MR) is 137 cm³/mol. The van der Waals surface area contributed by atoms with Crippen LogP contribution >= 0.6 is 11.8 Å². The summed E-state index contributed by atoms with van der Waals surface area (Å²) in [4.78, 5) is 25.5. The average Bonchev–Trinajstić information content (AvgIpc) is 2.85. The molecule has 0 heterocycles. The van der Waals surface area contributed by atoms with E-state index in [0.29, 0.717) is 5.75 Å². The Kier molecular flexibility index (Phi) is 9.29. The minimum Gasteiger partial charge on any atom is -0.484 e. The van der Waals surface area contributed by atoms with E-state index in [9.17, 15) is 9.59 Å². The predicted octanol–water partition coefficient (Wildman–Crippen LogP) is 4.88. The average molecular weight is 476 g/mol. The van der Waals surface area contributed by atoms with Gasteiger partial charge in [-0.25, -0.2) is 5.43 Å². The normalized spacial score (nSPS) is 12.7. The third-order valence-electron chi connectivity index (χ3n) is 5.02. The van der Waals surface area contributed by atoms with E-state index in [0.717, 1.165) is 16.0 Å². The first kappa shape index (κ1) is 25.1. The number of aryl methyl sites for hydroxylation is 1. The maximum atomic E-state index is 12.3. The molecule has 3 aromatic rings. The van der Waals surface area contributed by atoms with E-state index in [2.05, 4.69) is 15.8 Å². The Hall–Kier alpha value is -3.58. The topological polar surface area (TPSA) is 79.8 Å². The van der Waals surface area contributed by atoms with Crippen LogP contribution in [0.3, 0.4) is 0 Å². The Bertz CT molecular complexity index is 1100. The Labute approximate surface area is 204 Å². The van der Waals surface area contributed by atoms with E-state index in [-0.39, 0.29) is 29.7 Å². The van der Waals surface area contributed by atoms with Crippen LogP contribution in [0.4, 0.5) is 0 Å². The summed E-state index contributed by atoms with van der Waals surface area (Å²) in [6.07, 6.45) is 1.57. The van der Waals surface area contributed by atoms with E-state index in [1.54, 1.807) is 30.5 Å². The molecule has 0 saturated carbocycles. The highest BCUT2D eigenvalue weighted by Crippen LogP contribution is 2.23. The van der Waals surface area contributed by atoms with Crippen molar-refractivity contribution in [3.8, 4) is 5.75 Å². The number of carbonyl (C=O) groups is 2. The number of nitrogens with zero attached hydrogens (tertiary/aromatic N) is 1. The summed E-state index contributed by atoms with van der Waals surface area (Å²) < 4.78 is 5.57. The molecule has 3 rings (SSSR count). The molecule has 0 aliphatic rings. The Morgan fingerprint density at radius 1 is 0.971 bits per heavy atom. The van der Waals surface area contributed by atoms with Crippen LogP contribution in [0.25, 0.3) is 0 Å². The van der Waals surface area contributed by atoms with Gasteiger partial charge in [0.15, 0.2) is 6.61 Å². The molecule has 0 saturated heterocycles. The molecule has 2 amide bonds. The van der Waals surface area contributed by atoms with Gasteiger partial charge < -0.3 is 10.1 Å².